The first-order valence-corrected chi connectivity index (χ1v) is 6.83. The monoisotopic (exact) mass is 271 g/mol. The number of hydrogen-bond donors (Lipinski definition) is 0. The van der Waals surface area contributed by atoms with Crippen LogP contribution >= 0.6 is 0 Å². The van der Waals surface area contributed by atoms with Crippen molar-refractivity contribution in [3.05, 3.63) is 0 Å². The molecule has 5 heteroatoms. The molecule has 1 aliphatic rings. The molecule has 1 rings (SSSR count). The van der Waals surface area contributed by atoms with Crippen LogP contribution < -0.4 is 0 Å². The molecular formula is C14H25NO4. The number of ketones is 1. The number of esters is 1. The van der Waals surface area contributed by atoms with Gasteiger partial charge in [-0.3, -0.25) is 14.5 Å². The second kappa shape index (κ2) is 6.48. The highest BCUT2D eigenvalue weighted by Crippen LogP contribution is 2.22. The van der Waals surface area contributed by atoms with Gasteiger partial charge in [0.05, 0.1) is 19.3 Å². The Labute approximate surface area is 115 Å². The minimum Gasteiger partial charge on any atom is -0.465 e. The minimum atomic E-state index is -1.09. The van der Waals surface area contributed by atoms with Gasteiger partial charge < -0.3 is 9.47 Å². The molecule has 1 aliphatic heterocycles. The van der Waals surface area contributed by atoms with Gasteiger partial charge in [-0.15, -0.1) is 0 Å². The first-order chi connectivity index (χ1) is 8.80. The highest BCUT2D eigenvalue weighted by Gasteiger charge is 2.39. The summed E-state index contributed by atoms with van der Waals surface area (Å²) in [4.78, 5) is 26.0. The van der Waals surface area contributed by atoms with Crippen molar-refractivity contribution in [3.63, 3.8) is 0 Å². The molecule has 0 amide bonds. The Morgan fingerprint density at radius 2 is 2.05 bits per heavy atom. The van der Waals surface area contributed by atoms with Crippen molar-refractivity contribution in [2.24, 2.45) is 5.41 Å². The van der Waals surface area contributed by atoms with Crippen LogP contribution in [0.3, 0.4) is 0 Å². The molecule has 0 bridgehead atoms. The molecule has 0 saturated carbocycles. The van der Waals surface area contributed by atoms with Crippen molar-refractivity contribution >= 4 is 11.8 Å². The van der Waals surface area contributed by atoms with Gasteiger partial charge in [-0.05, 0) is 41.2 Å². The van der Waals surface area contributed by atoms with E-state index in [0.29, 0.717) is 6.61 Å². The Bertz CT molecular complexity index is 340. The number of hydrogen-bond acceptors (Lipinski definition) is 5. The van der Waals surface area contributed by atoms with Crippen molar-refractivity contribution in [3.8, 4) is 0 Å². The Morgan fingerprint density at radius 3 is 2.53 bits per heavy atom. The molecule has 2 unspecified atom stereocenters. The van der Waals surface area contributed by atoms with Crippen molar-refractivity contribution in [1.29, 1.82) is 0 Å². The summed E-state index contributed by atoms with van der Waals surface area (Å²) in [6.07, 6.45) is 1.05. The van der Waals surface area contributed by atoms with Gasteiger partial charge in [-0.1, -0.05) is 0 Å². The Hall–Kier alpha value is -0.940. The zero-order valence-electron chi connectivity index (χ0n) is 12.6. The van der Waals surface area contributed by atoms with E-state index in [-0.39, 0.29) is 24.5 Å². The molecule has 0 N–H and O–H groups in total. The van der Waals surface area contributed by atoms with Crippen LogP contribution in [0.1, 0.15) is 34.1 Å². The Balaban J connectivity index is 2.60. The van der Waals surface area contributed by atoms with Crippen LogP contribution in [-0.2, 0) is 19.1 Å². The first-order valence-electron chi connectivity index (χ1n) is 6.83. The maximum Gasteiger partial charge on any atom is 0.319 e. The lowest BCUT2D eigenvalue weighted by Crippen LogP contribution is -2.45. The highest BCUT2D eigenvalue weighted by molar-refractivity contribution is 6.03. The second-order valence-corrected chi connectivity index (χ2v) is 5.62. The number of carbonyl (C=O) groups is 2. The average molecular weight is 271 g/mol. The number of ether oxygens (including phenoxy) is 2. The maximum atomic E-state index is 12.3. The van der Waals surface area contributed by atoms with E-state index < -0.39 is 11.4 Å². The van der Waals surface area contributed by atoms with Crippen LogP contribution in [0, 0.1) is 5.41 Å². The van der Waals surface area contributed by atoms with Crippen LogP contribution in [0.25, 0.3) is 0 Å². The molecule has 0 aromatic carbocycles. The van der Waals surface area contributed by atoms with Gasteiger partial charge >= 0.3 is 5.97 Å². The Morgan fingerprint density at radius 1 is 1.42 bits per heavy atom. The molecule has 1 heterocycles. The van der Waals surface area contributed by atoms with Crippen LogP contribution in [0.4, 0.5) is 0 Å². The van der Waals surface area contributed by atoms with E-state index in [9.17, 15) is 9.59 Å². The summed E-state index contributed by atoms with van der Waals surface area (Å²) < 4.78 is 10.4. The summed E-state index contributed by atoms with van der Waals surface area (Å²) >= 11 is 0. The fourth-order valence-electron chi connectivity index (χ4n) is 2.27. The SMILES string of the molecule is CCOC(=O)C(C)(C)C(=O)CN(C)C1CCOC1C. The molecule has 110 valence electrons. The zero-order chi connectivity index (χ0) is 14.6. The number of likely N-dealkylation sites (N-methyl/N-ethyl adjacent to an activating group) is 1. The smallest absolute Gasteiger partial charge is 0.319 e. The highest BCUT2D eigenvalue weighted by atomic mass is 16.5. The van der Waals surface area contributed by atoms with Gasteiger partial charge in [0.1, 0.15) is 5.41 Å². The van der Waals surface area contributed by atoms with Gasteiger partial charge in [0.2, 0.25) is 0 Å². The van der Waals surface area contributed by atoms with Crippen molar-refractivity contribution < 1.29 is 19.1 Å². The van der Waals surface area contributed by atoms with Crippen LogP contribution in [0.2, 0.25) is 0 Å². The van der Waals surface area contributed by atoms with Gasteiger partial charge in [0.15, 0.2) is 5.78 Å². The molecule has 0 spiro atoms. The standard InChI is InChI=1S/C14H25NO4/c1-6-18-13(17)14(3,4)12(16)9-15(5)11-7-8-19-10(11)2/h10-11H,6-9H2,1-5H3. The molecule has 0 aromatic heterocycles. The summed E-state index contributed by atoms with van der Waals surface area (Å²) in [5.74, 6) is -0.573. The quantitative estimate of drug-likeness (QED) is 0.537. The summed E-state index contributed by atoms with van der Waals surface area (Å²) in [5, 5.41) is 0. The molecule has 2 atom stereocenters. The van der Waals surface area contributed by atoms with E-state index in [2.05, 4.69) is 0 Å². The molecule has 0 aliphatic carbocycles. The summed E-state index contributed by atoms with van der Waals surface area (Å²) in [5.41, 5.74) is -1.09. The van der Waals surface area contributed by atoms with Gasteiger partial charge in [0.25, 0.3) is 0 Å². The predicted octanol–water partition coefficient (Wildman–Crippen LogP) is 1.25. The summed E-state index contributed by atoms with van der Waals surface area (Å²) in [6.45, 7) is 8.25. The van der Waals surface area contributed by atoms with E-state index in [4.69, 9.17) is 9.47 Å². The molecule has 0 aromatic rings. The van der Waals surface area contributed by atoms with E-state index in [1.807, 2.05) is 18.9 Å². The summed E-state index contributed by atoms with van der Waals surface area (Å²) in [6, 6.07) is 0.238. The van der Waals surface area contributed by atoms with Gasteiger partial charge in [-0.25, -0.2) is 0 Å². The van der Waals surface area contributed by atoms with Crippen molar-refractivity contribution in [1.82, 2.24) is 4.90 Å². The van der Waals surface area contributed by atoms with Crippen molar-refractivity contribution in [2.45, 2.75) is 46.3 Å². The maximum absolute atomic E-state index is 12.3. The minimum absolute atomic E-state index is 0.118. The van der Waals surface area contributed by atoms with Crippen LogP contribution in [0.15, 0.2) is 0 Å². The van der Waals surface area contributed by atoms with Gasteiger partial charge in [0, 0.05) is 12.6 Å². The summed E-state index contributed by atoms with van der Waals surface area (Å²) in [7, 11) is 1.90. The topological polar surface area (TPSA) is 55.8 Å². The molecule has 0 radical (unpaired) electrons. The largest absolute Gasteiger partial charge is 0.465 e. The average Bonchev–Trinajstić information content (AvgIpc) is 2.75. The first kappa shape index (κ1) is 16.1. The predicted molar refractivity (Wildman–Crippen MR) is 71.9 cm³/mol. The van der Waals surface area contributed by atoms with E-state index in [1.165, 1.54) is 0 Å². The number of Topliss-reactive ketones (excluding diaryl/α,β-unsaturated/α-hetero) is 1. The molecule has 5 nitrogen and oxygen atoms in total. The number of nitrogens with zero attached hydrogens (tertiary/aromatic N) is 1. The van der Waals surface area contributed by atoms with Gasteiger partial charge in [-0.2, -0.15) is 0 Å². The third kappa shape index (κ3) is 3.76. The van der Waals surface area contributed by atoms with Crippen LogP contribution in [-0.4, -0.2) is 55.6 Å². The molecule has 1 saturated heterocycles. The fraction of sp³-hybridized carbons (Fsp3) is 0.857. The lowest BCUT2D eigenvalue weighted by atomic mass is 9.87. The third-order valence-corrected chi connectivity index (χ3v) is 3.78. The number of rotatable bonds is 6. The molecular weight excluding hydrogens is 246 g/mol. The molecule has 19 heavy (non-hydrogen) atoms. The van der Waals surface area contributed by atoms with E-state index >= 15 is 0 Å². The zero-order valence-corrected chi connectivity index (χ0v) is 12.6. The number of carbonyl (C=O) groups excluding carboxylic acids is 2. The molecule has 1 fully saturated rings. The van der Waals surface area contributed by atoms with E-state index in [1.54, 1.807) is 20.8 Å². The second-order valence-electron chi connectivity index (χ2n) is 5.62. The normalized spacial score (nSPS) is 23.7. The lowest BCUT2D eigenvalue weighted by molar-refractivity contribution is -0.158. The third-order valence-electron chi connectivity index (χ3n) is 3.78. The lowest BCUT2D eigenvalue weighted by Gasteiger charge is -2.29. The van der Waals surface area contributed by atoms with E-state index in [0.717, 1.165) is 13.0 Å². The van der Waals surface area contributed by atoms with Crippen LogP contribution in [0.5, 0.6) is 0 Å². The van der Waals surface area contributed by atoms with Crippen molar-refractivity contribution in [2.75, 3.05) is 26.8 Å². The Kier molecular flexibility index (Phi) is 5.50. The fourth-order valence-corrected chi connectivity index (χ4v) is 2.27.